The molecule has 2 heterocycles. The minimum Gasteiger partial charge on any atom is -0.351 e. The SMILES string of the molecule is Cc1nn(CCC(=O)NCc2cccs2)c2ccccc12. The van der Waals surface area contributed by atoms with E-state index < -0.39 is 0 Å². The van der Waals surface area contributed by atoms with E-state index in [2.05, 4.69) is 16.5 Å². The van der Waals surface area contributed by atoms with Gasteiger partial charge in [-0.05, 0) is 24.4 Å². The minimum absolute atomic E-state index is 0.0561. The van der Waals surface area contributed by atoms with Crippen LogP contribution in [0.3, 0.4) is 0 Å². The van der Waals surface area contributed by atoms with Gasteiger partial charge in [0.05, 0.1) is 24.3 Å². The molecule has 0 saturated carbocycles. The molecule has 0 bridgehead atoms. The van der Waals surface area contributed by atoms with Crippen LogP contribution in [0.15, 0.2) is 41.8 Å². The molecule has 0 fully saturated rings. The van der Waals surface area contributed by atoms with Crippen LogP contribution in [0.4, 0.5) is 0 Å². The number of hydrogen-bond donors (Lipinski definition) is 1. The molecule has 0 aliphatic carbocycles. The molecule has 2 aromatic heterocycles. The van der Waals surface area contributed by atoms with Crippen molar-refractivity contribution in [2.24, 2.45) is 0 Å². The molecule has 0 saturated heterocycles. The fourth-order valence-corrected chi connectivity index (χ4v) is 3.00. The number of aromatic nitrogens is 2. The van der Waals surface area contributed by atoms with Crippen molar-refractivity contribution in [2.75, 3.05) is 0 Å². The summed E-state index contributed by atoms with van der Waals surface area (Å²) in [6.45, 7) is 3.20. The molecular weight excluding hydrogens is 282 g/mol. The van der Waals surface area contributed by atoms with Gasteiger partial charge in [-0.15, -0.1) is 11.3 Å². The van der Waals surface area contributed by atoms with Crippen LogP contribution in [0, 0.1) is 6.92 Å². The Hall–Kier alpha value is -2.14. The summed E-state index contributed by atoms with van der Waals surface area (Å²) in [6, 6.07) is 12.1. The fraction of sp³-hybridized carbons (Fsp3) is 0.250. The van der Waals surface area contributed by atoms with E-state index in [1.165, 1.54) is 4.88 Å². The van der Waals surface area contributed by atoms with Crippen molar-refractivity contribution in [3.63, 3.8) is 0 Å². The van der Waals surface area contributed by atoms with Gasteiger partial charge in [-0.25, -0.2) is 0 Å². The summed E-state index contributed by atoms with van der Waals surface area (Å²) in [5.74, 6) is 0.0561. The van der Waals surface area contributed by atoms with Crippen molar-refractivity contribution in [3.05, 3.63) is 52.3 Å². The molecule has 108 valence electrons. The zero-order valence-electron chi connectivity index (χ0n) is 11.9. The van der Waals surface area contributed by atoms with E-state index in [1.54, 1.807) is 11.3 Å². The highest BCUT2D eigenvalue weighted by atomic mass is 32.1. The number of hydrogen-bond acceptors (Lipinski definition) is 3. The lowest BCUT2D eigenvalue weighted by atomic mass is 10.2. The van der Waals surface area contributed by atoms with Gasteiger partial charge in [-0.1, -0.05) is 24.3 Å². The van der Waals surface area contributed by atoms with Crippen LogP contribution in [0.1, 0.15) is 17.0 Å². The second kappa shape index (κ2) is 6.10. The Bertz CT molecular complexity index is 746. The first-order valence-electron chi connectivity index (χ1n) is 6.95. The molecule has 0 aliphatic rings. The summed E-state index contributed by atoms with van der Waals surface area (Å²) in [6.07, 6.45) is 0.441. The summed E-state index contributed by atoms with van der Waals surface area (Å²) in [5, 5.41) is 10.6. The molecule has 0 atom stereocenters. The maximum atomic E-state index is 11.9. The van der Waals surface area contributed by atoms with Crippen molar-refractivity contribution >= 4 is 28.1 Å². The largest absolute Gasteiger partial charge is 0.351 e. The monoisotopic (exact) mass is 299 g/mol. The number of nitrogens with zero attached hydrogens (tertiary/aromatic N) is 2. The van der Waals surface area contributed by atoms with E-state index in [9.17, 15) is 4.79 Å². The van der Waals surface area contributed by atoms with Crippen LogP contribution in [0.2, 0.25) is 0 Å². The van der Waals surface area contributed by atoms with Crippen LogP contribution >= 0.6 is 11.3 Å². The first-order valence-corrected chi connectivity index (χ1v) is 7.83. The topological polar surface area (TPSA) is 46.9 Å². The number of benzene rings is 1. The van der Waals surface area contributed by atoms with E-state index in [4.69, 9.17) is 0 Å². The predicted molar refractivity (Wildman–Crippen MR) is 85.3 cm³/mol. The smallest absolute Gasteiger partial charge is 0.222 e. The number of nitrogens with one attached hydrogen (secondary N) is 1. The van der Waals surface area contributed by atoms with Gasteiger partial charge in [0.15, 0.2) is 0 Å². The van der Waals surface area contributed by atoms with Gasteiger partial charge in [0, 0.05) is 16.7 Å². The number of amides is 1. The van der Waals surface area contributed by atoms with Crippen LogP contribution in [0.5, 0.6) is 0 Å². The third-order valence-electron chi connectivity index (χ3n) is 3.43. The lowest BCUT2D eigenvalue weighted by Gasteiger charge is -2.05. The number of carbonyl (C=O) groups is 1. The maximum absolute atomic E-state index is 11.9. The van der Waals surface area contributed by atoms with Crippen LogP contribution in [-0.4, -0.2) is 15.7 Å². The van der Waals surface area contributed by atoms with Gasteiger partial charge in [0.2, 0.25) is 5.91 Å². The molecule has 1 N–H and O–H groups in total. The Kier molecular flexibility index (Phi) is 4.01. The highest BCUT2D eigenvalue weighted by Gasteiger charge is 2.08. The normalized spacial score (nSPS) is 10.9. The third-order valence-corrected chi connectivity index (χ3v) is 4.31. The van der Waals surface area contributed by atoms with Crippen molar-refractivity contribution in [3.8, 4) is 0 Å². The molecule has 5 heteroatoms. The molecule has 0 unspecified atom stereocenters. The fourth-order valence-electron chi connectivity index (χ4n) is 2.36. The molecule has 3 aromatic rings. The summed E-state index contributed by atoms with van der Waals surface area (Å²) < 4.78 is 1.91. The molecule has 0 spiro atoms. The number of para-hydroxylation sites is 1. The number of rotatable bonds is 5. The summed E-state index contributed by atoms with van der Waals surface area (Å²) >= 11 is 1.65. The van der Waals surface area contributed by atoms with Gasteiger partial charge in [-0.3, -0.25) is 9.48 Å². The number of thiophene rings is 1. The van der Waals surface area contributed by atoms with E-state index >= 15 is 0 Å². The van der Waals surface area contributed by atoms with Gasteiger partial charge < -0.3 is 5.32 Å². The molecule has 4 nitrogen and oxygen atoms in total. The summed E-state index contributed by atoms with van der Waals surface area (Å²) in [5.41, 5.74) is 2.09. The van der Waals surface area contributed by atoms with E-state index in [-0.39, 0.29) is 5.91 Å². The summed E-state index contributed by atoms with van der Waals surface area (Å²) in [7, 11) is 0. The summed E-state index contributed by atoms with van der Waals surface area (Å²) in [4.78, 5) is 13.1. The second-order valence-electron chi connectivity index (χ2n) is 4.93. The predicted octanol–water partition coefficient (Wildman–Crippen LogP) is 3.11. The quantitative estimate of drug-likeness (QED) is 0.787. The van der Waals surface area contributed by atoms with Crippen LogP contribution in [-0.2, 0) is 17.9 Å². The lowest BCUT2D eigenvalue weighted by molar-refractivity contribution is -0.121. The standard InChI is InChI=1S/C16H17N3OS/c1-12-14-6-2-3-7-15(14)19(18-12)9-8-16(20)17-11-13-5-4-10-21-13/h2-7,10H,8-9,11H2,1H3,(H,17,20). The van der Waals surface area contributed by atoms with Gasteiger partial charge >= 0.3 is 0 Å². The zero-order valence-corrected chi connectivity index (χ0v) is 12.7. The highest BCUT2D eigenvalue weighted by molar-refractivity contribution is 7.09. The molecule has 0 radical (unpaired) electrons. The molecule has 0 aliphatic heterocycles. The molecule has 21 heavy (non-hydrogen) atoms. The molecule has 3 rings (SSSR count). The van der Waals surface area contributed by atoms with Crippen LogP contribution in [0.25, 0.3) is 10.9 Å². The second-order valence-corrected chi connectivity index (χ2v) is 5.96. The van der Waals surface area contributed by atoms with Gasteiger partial charge in [0.1, 0.15) is 0 Å². The van der Waals surface area contributed by atoms with E-state index in [1.807, 2.05) is 47.3 Å². The van der Waals surface area contributed by atoms with Crippen molar-refractivity contribution in [1.29, 1.82) is 0 Å². The Balaban J connectivity index is 1.60. The Morgan fingerprint density at radius 1 is 1.29 bits per heavy atom. The van der Waals surface area contributed by atoms with E-state index in [0.717, 1.165) is 16.6 Å². The maximum Gasteiger partial charge on any atom is 0.222 e. The van der Waals surface area contributed by atoms with Crippen molar-refractivity contribution < 1.29 is 4.79 Å². The Labute approximate surface area is 127 Å². The average molecular weight is 299 g/mol. The zero-order chi connectivity index (χ0) is 14.7. The first-order chi connectivity index (χ1) is 10.2. The molecular formula is C16H17N3OS. The Morgan fingerprint density at radius 2 is 2.14 bits per heavy atom. The Morgan fingerprint density at radius 3 is 2.95 bits per heavy atom. The number of aryl methyl sites for hydroxylation is 2. The lowest BCUT2D eigenvalue weighted by Crippen LogP contribution is -2.23. The van der Waals surface area contributed by atoms with Gasteiger partial charge in [0.25, 0.3) is 0 Å². The van der Waals surface area contributed by atoms with Crippen molar-refractivity contribution in [1.82, 2.24) is 15.1 Å². The molecule has 1 aromatic carbocycles. The van der Waals surface area contributed by atoms with Gasteiger partial charge in [-0.2, -0.15) is 5.10 Å². The first kappa shape index (κ1) is 13.8. The van der Waals surface area contributed by atoms with Crippen molar-refractivity contribution in [2.45, 2.75) is 26.4 Å². The molecule has 1 amide bonds. The van der Waals surface area contributed by atoms with Crippen LogP contribution < -0.4 is 5.32 Å². The minimum atomic E-state index is 0.0561. The van der Waals surface area contributed by atoms with E-state index in [0.29, 0.717) is 19.5 Å². The number of fused-ring (bicyclic) bond motifs is 1. The highest BCUT2D eigenvalue weighted by Crippen LogP contribution is 2.17. The number of carbonyl (C=O) groups excluding carboxylic acids is 1. The third kappa shape index (κ3) is 3.13. The average Bonchev–Trinajstić information content (AvgIpc) is 3.12.